The van der Waals surface area contributed by atoms with Gasteiger partial charge in [0.1, 0.15) is 0 Å². The minimum atomic E-state index is -0.472. The van der Waals surface area contributed by atoms with Crippen LogP contribution in [-0.4, -0.2) is 39.5 Å². The van der Waals surface area contributed by atoms with Gasteiger partial charge in [0.25, 0.3) is 5.91 Å². The smallest absolute Gasteiger partial charge is 0.279 e. The van der Waals surface area contributed by atoms with Crippen molar-refractivity contribution in [3.63, 3.8) is 0 Å². The molecule has 5 rings (SSSR count). The van der Waals surface area contributed by atoms with Crippen molar-refractivity contribution >= 4 is 45.7 Å². The molecule has 4 aromatic rings. The Morgan fingerprint density at radius 3 is 2.94 bits per heavy atom. The zero-order valence-electron chi connectivity index (χ0n) is 16.7. The molecule has 0 saturated carbocycles. The molecular formula is C21H17N5O4S2. The zero-order valence-corrected chi connectivity index (χ0v) is 18.3. The highest BCUT2D eigenvalue weighted by molar-refractivity contribution is 8.01. The Morgan fingerprint density at radius 2 is 2.06 bits per heavy atom. The Labute approximate surface area is 190 Å². The lowest BCUT2D eigenvalue weighted by Gasteiger charge is -2.29. The molecule has 2 amide bonds. The van der Waals surface area contributed by atoms with E-state index in [4.69, 9.17) is 8.94 Å². The second kappa shape index (κ2) is 8.97. The molecule has 0 atom stereocenters. The summed E-state index contributed by atoms with van der Waals surface area (Å²) in [5.41, 5.74) is 2.27. The highest BCUT2D eigenvalue weighted by atomic mass is 32.2. The Morgan fingerprint density at radius 1 is 1.16 bits per heavy atom. The van der Waals surface area contributed by atoms with Gasteiger partial charge in [-0.05, 0) is 36.6 Å². The van der Waals surface area contributed by atoms with E-state index in [1.165, 1.54) is 41.0 Å². The van der Waals surface area contributed by atoms with E-state index in [1.807, 2.05) is 23.1 Å². The van der Waals surface area contributed by atoms with Gasteiger partial charge in [-0.2, -0.15) is 0 Å². The lowest BCUT2D eigenvalue weighted by atomic mass is 10.0. The van der Waals surface area contributed by atoms with Crippen molar-refractivity contribution in [2.45, 2.75) is 17.2 Å². The van der Waals surface area contributed by atoms with Gasteiger partial charge in [0.2, 0.25) is 16.8 Å². The monoisotopic (exact) mass is 467 g/mol. The maximum absolute atomic E-state index is 12.8. The molecule has 1 aliphatic rings. The number of para-hydroxylation sites is 1. The SMILES string of the molecule is O=C(Nc1nnc(SCC(=O)N2CCCc3ccccc32)s1)c1cc(-c2ccco2)on1. The Kier molecular flexibility index (Phi) is 5.73. The number of nitrogens with one attached hydrogen (secondary N) is 1. The summed E-state index contributed by atoms with van der Waals surface area (Å²) in [5, 5.41) is 14.8. The second-order valence-corrected chi connectivity index (χ2v) is 9.15. The normalized spacial score (nSPS) is 13.1. The van der Waals surface area contributed by atoms with Crippen LogP contribution >= 0.6 is 23.1 Å². The van der Waals surface area contributed by atoms with Crippen LogP contribution in [0.3, 0.4) is 0 Å². The standard InChI is InChI=1S/C21H17N5O4S2/c27-18(26-9-3-6-13-5-1-2-7-15(13)26)12-31-21-24-23-20(32-21)22-19(28)14-11-17(30-25-14)16-8-4-10-29-16/h1-2,4-5,7-8,10-11H,3,6,9,12H2,(H,22,23,28). The third kappa shape index (κ3) is 4.30. The quantitative estimate of drug-likeness (QED) is 0.333. The minimum absolute atomic E-state index is 0.0241. The van der Waals surface area contributed by atoms with E-state index in [2.05, 4.69) is 26.7 Å². The first kappa shape index (κ1) is 20.5. The minimum Gasteiger partial charge on any atom is -0.461 e. The number of amides is 2. The number of anilines is 2. The van der Waals surface area contributed by atoms with Gasteiger partial charge in [0.05, 0.1) is 12.0 Å². The summed E-state index contributed by atoms with van der Waals surface area (Å²) in [5.74, 6) is 0.627. The number of rotatable bonds is 6. The molecule has 0 unspecified atom stereocenters. The lowest BCUT2D eigenvalue weighted by Crippen LogP contribution is -2.36. The molecule has 0 spiro atoms. The van der Waals surface area contributed by atoms with Crippen molar-refractivity contribution in [1.29, 1.82) is 0 Å². The van der Waals surface area contributed by atoms with Gasteiger partial charge in [-0.1, -0.05) is 46.5 Å². The average Bonchev–Trinajstić information content (AvgIpc) is 3.58. The number of nitrogens with zero attached hydrogens (tertiary/aromatic N) is 4. The topological polar surface area (TPSA) is 114 Å². The molecule has 1 N–H and O–H groups in total. The fourth-order valence-electron chi connectivity index (χ4n) is 3.39. The molecule has 0 aliphatic carbocycles. The average molecular weight is 468 g/mol. The first-order valence-electron chi connectivity index (χ1n) is 9.84. The first-order valence-corrected chi connectivity index (χ1v) is 11.6. The summed E-state index contributed by atoms with van der Waals surface area (Å²) < 4.78 is 11.0. The predicted molar refractivity (Wildman–Crippen MR) is 120 cm³/mol. The molecule has 1 aliphatic heterocycles. The number of thioether (sulfide) groups is 1. The zero-order chi connectivity index (χ0) is 21.9. The number of aryl methyl sites for hydroxylation is 1. The van der Waals surface area contributed by atoms with Gasteiger partial charge < -0.3 is 13.8 Å². The fraction of sp³-hybridized carbons (Fsp3) is 0.190. The largest absolute Gasteiger partial charge is 0.461 e. The number of benzene rings is 1. The van der Waals surface area contributed by atoms with Crippen LogP contribution in [0.25, 0.3) is 11.5 Å². The van der Waals surface area contributed by atoms with E-state index in [-0.39, 0.29) is 17.4 Å². The molecule has 0 fully saturated rings. The summed E-state index contributed by atoms with van der Waals surface area (Å²) in [6.45, 7) is 0.714. The number of fused-ring (bicyclic) bond motifs is 1. The van der Waals surface area contributed by atoms with Crippen LogP contribution < -0.4 is 10.2 Å². The molecular weight excluding hydrogens is 450 g/mol. The van der Waals surface area contributed by atoms with Crippen molar-refractivity contribution in [3.05, 3.63) is 60.0 Å². The van der Waals surface area contributed by atoms with E-state index in [0.717, 1.165) is 18.5 Å². The summed E-state index contributed by atoms with van der Waals surface area (Å²) in [7, 11) is 0. The molecule has 11 heteroatoms. The lowest BCUT2D eigenvalue weighted by molar-refractivity contribution is -0.116. The van der Waals surface area contributed by atoms with Crippen LogP contribution in [0.15, 0.2) is 62.0 Å². The van der Waals surface area contributed by atoms with Crippen molar-refractivity contribution in [3.8, 4) is 11.5 Å². The van der Waals surface area contributed by atoms with E-state index in [9.17, 15) is 9.59 Å². The molecule has 0 saturated heterocycles. The van der Waals surface area contributed by atoms with E-state index in [1.54, 1.807) is 12.1 Å². The van der Waals surface area contributed by atoms with Crippen LogP contribution in [0.1, 0.15) is 22.5 Å². The number of furan rings is 1. The summed E-state index contributed by atoms with van der Waals surface area (Å²) >= 11 is 2.49. The Balaban J connectivity index is 1.18. The van der Waals surface area contributed by atoms with E-state index < -0.39 is 5.91 Å². The molecule has 32 heavy (non-hydrogen) atoms. The molecule has 0 radical (unpaired) electrons. The summed E-state index contributed by atoms with van der Waals surface area (Å²) in [6, 6.07) is 12.9. The number of carbonyl (C=O) groups excluding carboxylic acids is 2. The summed E-state index contributed by atoms with van der Waals surface area (Å²) in [4.78, 5) is 27.0. The maximum atomic E-state index is 12.8. The number of hydrogen-bond donors (Lipinski definition) is 1. The van der Waals surface area contributed by atoms with E-state index >= 15 is 0 Å². The molecule has 3 aromatic heterocycles. The van der Waals surface area contributed by atoms with E-state index in [0.29, 0.717) is 27.5 Å². The number of hydrogen-bond acceptors (Lipinski definition) is 9. The molecule has 1 aromatic carbocycles. The first-order chi connectivity index (χ1) is 15.7. The maximum Gasteiger partial charge on any atom is 0.279 e. The van der Waals surface area contributed by atoms with Gasteiger partial charge in [-0.15, -0.1) is 10.2 Å². The van der Waals surface area contributed by atoms with Crippen molar-refractivity contribution in [2.75, 3.05) is 22.5 Å². The molecule has 4 heterocycles. The third-order valence-electron chi connectivity index (χ3n) is 4.86. The van der Waals surface area contributed by atoms with Gasteiger partial charge in [0.15, 0.2) is 15.8 Å². The Hall–Kier alpha value is -3.44. The van der Waals surface area contributed by atoms with Crippen LogP contribution in [0.5, 0.6) is 0 Å². The van der Waals surface area contributed by atoms with Crippen molar-refractivity contribution in [2.24, 2.45) is 0 Å². The van der Waals surface area contributed by atoms with Gasteiger partial charge in [-0.25, -0.2) is 0 Å². The number of aromatic nitrogens is 3. The Bertz CT molecular complexity index is 1250. The predicted octanol–water partition coefficient (Wildman–Crippen LogP) is 4.11. The second-order valence-electron chi connectivity index (χ2n) is 6.95. The third-order valence-corrected chi connectivity index (χ3v) is 6.82. The highest BCUT2D eigenvalue weighted by Gasteiger charge is 2.23. The van der Waals surface area contributed by atoms with Gasteiger partial charge >= 0.3 is 0 Å². The van der Waals surface area contributed by atoms with Crippen LogP contribution in [0, 0.1) is 0 Å². The fourth-order valence-corrected chi connectivity index (χ4v) is 5.01. The summed E-state index contributed by atoms with van der Waals surface area (Å²) in [6.07, 6.45) is 3.44. The van der Waals surface area contributed by atoms with Gasteiger partial charge in [0, 0.05) is 18.3 Å². The number of carbonyl (C=O) groups is 2. The van der Waals surface area contributed by atoms with Crippen LogP contribution in [0.4, 0.5) is 10.8 Å². The molecule has 162 valence electrons. The van der Waals surface area contributed by atoms with Crippen molar-refractivity contribution in [1.82, 2.24) is 15.4 Å². The van der Waals surface area contributed by atoms with Crippen LogP contribution in [-0.2, 0) is 11.2 Å². The van der Waals surface area contributed by atoms with Crippen molar-refractivity contribution < 1.29 is 18.5 Å². The van der Waals surface area contributed by atoms with Gasteiger partial charge in [-0.3, -0.25) is 14.9 Å². The molecule has 9 nitrogen and oxygen atoms in total. The highest BCUT2D eigenvalue weighted by Crippen LogP contribution is 2.30. The molecule has 0 bridgehead atoms. The van der Waals surface area contributed by atoms with Crippen LogP contribution in [0.2, 0.25) is 0 Å².